The lowest BCUT2D eigenvalue weighted by Gasteiger charge is -2.23. The smallest absolute Gasteiger partial charge is 0.336 e. The average Bonchev–Trinajstić information content (AvgIpc) is 3.17. The second-order valence-electron chi connectivity index (χ2n) is 7.00. The number of benzene rings is 1. The highest BCUT2D eigenvalue weighted by atomic mass is 32.1. The van der Waals surface area contributed by atoms with Crippen LogP contribution in [-0.2, 0) is 11.3 Å². The fourth-order valence-corrected chi connectivity index (χ4v) is 4.57. The van der Waals surface area contributed by atoms with E-state index in [-0.39, 0.29) is 24.2 Å². The maximum Gasteiger partial charge on any atom is 0.336 e. The van der Waals surface area contributed by atoms with Crippen LogP contribution in [0.2, 0.25) is 0 Å². The second kappa shape index (κ2) is 7.71. The van der Waals surface area contributed by atoms with Gasteiger partial charge in [-0.2, -0.15) is 0 Å². The number of carbonyl (C=O) groups excluding carboxylic acids is 1. The number of thiophene rings is 1. The Labute approximate surface area is 164 Å². The maximum absolute atomic E-state index is 14.3. The molecule has 0 radical (unpaired) electrons. The van der Waals surface area contributed by atoms with Crippen LogP contribution in [0.5, 0.6) is 0 Å². The van der Waals surface area contributed by atoms with Crippen LogP contribution < -0.4 is 16.6 Å². The van der Waals surface area contributed by atoms with Gasteiger partial charge in [0.05, 0.1) is 11.2 Å². The molecule has 3 aromatic rings. The first-order valence-corrected chi connectivity index (χ1v) is 10.2. The van der Waals surface area contributed by atoms with Gasteiger partial charge in [0.25, 0.3) is 5.56 Å². The van der Waals surface area contributed by atoms with Gasteiger partial charge in [0.2, 0.25) is 5.91 Å². The van der Waals surface area contributed by atoms with Crippen molar-refractivity contribution < 1.29 is 9.18 Å². The van der Waals surface area contributed by atoms with Crippen LogP contribution in [0.1, 0.15) is 32.1 Å². The van der Waals surface area contributed by atoms with Gasteiger partial charge in [-0.15, -0.1) is 11.3 Å². The molecule has 28 heavy (non-hydrogen) atoms. The van der Waals surface area contributed by atoms with Gasteiger partial charge in [-0.25, -0.2) is 13.8 Å². The average molecular weight is 401 g/mol. The lowest BCUT2D eigenvalue weighted by atomic mass is 9.95. The summed E-state index contributed by atoms with van der Waals surface area (Å²) in [5, 5.41) is 4.67. The van der Waals surface area contributed by atoms with E-state index in [2.05, 4.69) is 5.32 Å². The van der Waals surface area contributed by atoms with Crippen LogP contribution in [0, 0.1) is 5.82 Å². The molecule has 0 aliphatic heterocycles. The second-order valence-corrected chi connectivity index (χ2v) is 7.91. The number of nitrogens with zero attached hydrogens (tertiary/aromatic N) is 2. The van der Waals surface area contributed by atoms with Crippen molar-refractivity contribution in [2.75, 3.05) is 0 Å². The molecule has 1 saturated carbocycles. The van der Waals surface area contributed by atoms with Crippen molar-refractivity contribution in [2.45, 2.75) is 44.7 Å². The lowest BCUT2D eigenvalue weighted by molar-refractivity contribution is -0.122. The molecule has 0 unspecified atom stereocenters. The Morgan fingerprint density at radius 3 is 2.64 bits per heavy atom. The highest BCUT2D eigenvalue weighted by Gasteiger charge is 2.21. The molecular formula is C20H20FN3O3S. The minimum absolute atomic E-state index is 0.116. The predicted octanol–water partition coefficient (Wildman–Crippen LogP) is 2.80. The van der Waals surface area contributed by atoms with Crippen molar-refractivity contribution in [3.63, 3.8) is 0 Å². The number of aromatic nitrogens is 2. The van der Waals surface area contributed by atoms with Gasteiger partial charge in [-0.3, -0.25) is 14.2 Å². The molecule has 1 aromatic carbocycles. The zero-order valence-electron chi connectivity index (χ0n) is 15.2. The molecule has 8 heteroatoms. The molecule has 1 aliphatic carbocycles. The molecule has 0 atom stereocenters. The van der Waals surface area contributed by atoms with E-state index in [0.717, 1.165) is 30.3 Å². The highest BCUT2D eigenvalue weighted by Crippen LogP contribution is 2.19. The Kier molecular flexibility index (Phi) is 5.13. The van der Waals surface area contributed by atoms with Crippen LogP contribution in [0.25, 0.3) is 15.9 Å². The quantitative estimate of drug-likeness (QED) is 0.731. The number of para-hydroxylation sites is 1. The minimum atomic E-state index is -0.722. The number of carbonyl (C=O) groups is 1. The van der Waals surface area contributed by atoms with Gasteiger partial charge >= 0.3 is 5.69 Å². The molecule has 6 nitrogen and oxygen atoms in total. The first-order valence-electron chi connectivity index (χ1n) is 9.33. The Morgan fingerprint density at radius 1 is 1.14 bits per heavy atom. The molecule has 1 amide bonds. The van der Waals surface area contributed by atoms with E-state index in [9.17, 15) is 18.8 Å². The summed E-state index contributed by atoms with van der Waals surface area (Å²) in [6.07, 6.45) is 5.21. The van der Waals surface area contributed by atoms with Crippen LogP contribution in [0.15, 0.2) is 45.3 Å². The highest BCUT2D eigenvalue weighted by molar-refractivity contribution is 7.17. The number of nitrogens with one attached hydrogen (secondary N) is 1. The zero-order valence-corrected chi connectivity index (χ0v) is 16.0. The molecule has 1 N–H and O–H groups in total. The Hall–Kier alpha value is -2.74. The third-order valence-corrected chi connectivity index (χ3v) is 6.01. The Balaban J connectivity index is 1.77. The molecule has 1 fully saturated rings. The van der Waals surface area contributed by atoms with Crippen molar-refractivity contribution in [1.29, 1.82) is 0 Å². The molecule has 4 rings (SSSR count). The Bertz CT molecular complexity index is 1140. The third kappa shape index (κ3) is 3.40. The van der Waals surface area contributed by atoms with Gasteiger partial charge in [-0.05, 0) is 36.4 Å². The van der Waals surface area contributed by atoms with Gasteiger partial charge in [0, 0.05) is 6.04 Å². The van der Waals surface area contributed by atoms with Gasteiger partial charge in [0.1, 0.15) is 17.1 Å². The first-order chi connectivity index (χ1) is 13.6. The normalized spacial score (nSPS) is 15.0. The fourth-order valence-electron chi connectivity index (χ4n) is 3.75. The molecule has 2 heterocycles. The number of fused-ring (bicyclic) bond motifs is 1. The van der Waals surface area contributed by atoms with Gasteiger partial charge in [0.15, 0.2) is 0 Å². The van der Waals surface area contributed by atoms with Crippen molar-refractivity contribution in [1.82, 2.24) is 14.5 Å². The van der Waals surface area contributed by atoms with Crippen LogP contribution in [0.3, 0.4) is 0 Å². The summed E-state index contributed by atoms with van der Waals surface area (Å²) in [5.74, 6) is -0.948. The number of halogens is 1. The third-order valence-electron chi connectivity index (χ3n) is 5.12. The minimum Gasteiger partial charge on any atom is -0.352 e. The standard InChI is InChI=1S/C20H20FN3O3S/c21-14-8-4-5-9-15(14)24-19(26)18-16(10-11-28-18)23(20(24)27)12-17(25)22-13-6-2-1-3-7-13/h4-5,8-11,13H,1-3,6-7,12H2,(H,22,25). The number of hydrogen-bond donors (Lipinski definition) is 1. The number of hydrogen-bond acceptors (Lipinski definition) is 4. The van der Waals surface area contributed by atoms with Crippen molar-refractivity contribution in [3.8, 4) is 5.69 Å². The summed E-state index contributed by atoms with van der Waals surface area (Å²) in [6, 6.07) is 7.38. The topological polar surface area (TPSA) is 73.1 Å². The fraction of sp³-hybridized carbons (Fsp3) is 0.350. The Morgan fingerprint density at radius 2 is 1.89 bits per heavy atom. The molecule has 0 saturated heterocycles. The molecule has 0 bridgehead atoms. The molecular weight excluding hydrogens is 381 g/mol. The van der Waals surface area contributed by atoms with E-state index in [4.69, 9.17) is 0 Å². The summed E-state index contributed by atoms with van der Waals surface area (Å²) in [6.45, 7) is -0.211. The van der Waals surface area contributed by atoms with Crippen molar-refractivity contribution >= 4 is 27.5 Å². The van der Waals surface area contributed by atoms with Crippen LogP contribution in [-0.4, -0.2) is 21.1 Å². The van der Waals surface area contributed by atoms with Gasteiger partial charge < -0.3 is 5.32 Å². The van der Waals surface area contributed by atoms with Crippen molar-refractivity contribution in [3.05, 3.63) is 62.4 Å². The first kappa shape index (κ1) is 18.6. The number of amides is 1. The number of rotatable bonds is 4. The summed E-state index contributed by atoms with van der Waals surface area (Å²) in [7, 11) is 0. The monoisotopic (exact) mass is 401 g/mol. The molecule has 1 aliphatic rings. The largest absolute Gasteiger partial charge is 0.352 e. The molecule has 146 valence electrons. The van der Waals surface area contributed by atoms with E-state index < -0.39 is 17.1 Å². The zero-order chi connectivity index (χ0) is 19.7. The summed E-state index contributed by atoms with van der Waals surface area (Å²) < 4.78 is 16.6. The van der Waals surface area contributed by atoms with E-state index in [1.54, 1.807) is 17.5 Å². The van der Waals surface area contributed by atoms with Gasteiger partial charge in [-0.1, -0.05) is 31.4 Å². The van der Waals surface area contributed by atoms with E-state index >= 15 is 0 Å². The van der Waals surface area contributed by atoms with Crippen LogP contribution >= 0.6 is 11.3 Å². The van der Waals surface area contributed by atoms with Crippen LogP contribution in [0.4, 0.5) is 4.39 Å². The van der Waals surface area contributed by atoms with E-state index in [1.807, 2.05) is 0 Å². The van der Waals surface area contributed by atoms with E-state index in [1.165, 1.54) is 40.5 Å². The summed E-state index contributed by atoms with van der Waals surface area (Å²) in [5.41, 5.74) is -1.02. The predicted molar refractivity (Wildman–Crippen MR) is 107 cm³/mol. The summed E-state index contributed by atoms with van der Waals surface area (Å²) >= 11 is 1.17. The summed E-state index contributed by atoms with van der Waals surface area (Å²) in [4.78, 5) is 38.4. The maximum atomic E-state index is 14.3. The van der Waals surface area contributed by atoms with Crippen molar-refractivity contribution in [2.24, 2.45) is 0 Å². The lowest BCUT2D eigenvalue weighted by Crippen LogP contribution is -2.44. The van der Waals surface area contributed by atoms with E-state index in [0.29, 0.717) is 10.2 Å². The SMILES string of the molecule is O=C(Cn1c(=O)n(-c2ccccc2F)c(=O)c2sccc21)NC1CCCCC1. The molecule has 0 spiro atoms. The molecule has 2 aromatic heterocycles.